The first-order valence-electron chi connectivity index (χ1n) is 9.46. The summed E-state index contributed by atoms with van der Waals surface area (Å²) in [6.07, 6.45) is 1.48. The summed E-state index contributed by atoms with van der Waals surface area (Å²) in [5.74, 6) is 0.442. The van der Waals surface area contributed by atoms with E-state index in [4.69, 9.17) is 9.47 Å². The van der Waals surface area contributed by atoms with E-state index in [-0.39, 0.29) is 37.0 Å². The van der Waals surface area contributed by atoms with Crippen LogP contribution >= 0.6 is 23.1 Å². The highest BCUT2D eigenvalue weighted by molar-refractivity contribution is 8.01. The van der Waals surface area contributed by atoms with E-state index in [1.54, 1.807) is 18.2 Å². The van der Waals surface area contributed by atoms with Crippen molar-refractivity contribution in [2.75, 3.05) is 48.5 Å². The zero-order chi connectivity index (χ0) is 23.1. The molecule has 0 unspecified atom stereocenters. The molecule has 0 fully saturated rings. The molecule has 0 spiro atoms. The molecule has 1 aromatic heterocycles. The monoisotopic (exact) mass is 502 g/mol. The Morgan fingerprint density at radius 3 is 2.72 bits per heavy atom. The number of nitrogens with zero attached hydrogens (tertiary/aromatic N) is 3. The van der Waals surface area contributed by atoms with Crippen molar-refractivity contribution in [2.24, 2.45) is 0 Å². The van der Waals surface area contributed by atoms with Gasteiger partial charge in [0.15, 0.2) is 15.8 Å². The van der Waals surface area contributed by atoms with E-state index in [2.05, 4.69) is 20.3 Å². The number of sulfonamides is 1. The summed E-state index contributed by atoms with van der Waals surface area (Å²) >= 11 is 2.30. The number of carbonyl (C=O) groups is 2. The van der Waals surface area contributed by atoms with Gasteiger partial charge in [-0.3, -0.25) is 13.9 Å². The van der Waals surface area contributed by atoms with Crippen LogP contribution in [0.4, 0.5) is 10.8 Å². The molecule has 1 amide bonds. The zero-order valence-corrected chi connectivity index (χ0v) is 19.8. The van der Waals surface area contributed by atoms with Gasteiger partial charge in [0.05, 0.1) is 24.8 Å². The predicted octanol–water partition coefficient (Wildman–Crippen LogP) is 1.76. The fourth-order valence-electron chi connectivity index (χ4n) is 2.74. The molecule has 14 heteroatoms. The lowest BCUT2D eigenvalue weighted by Crippen LogP contribution is -2.31. The number of amides is 1. The van der Waals surface area contributed by atoms with E-state index in [9.17, 15) is 18.0 Å². The minimum atomic E-state index is -3.57. The Morgan fingerprint density at radius 2 is 2.00 bits per heavy atom. The first kappa shape index (κ1) is 24.1. The average molecular weight is 503 g/mol. The molecule has 11 nitrogen and oxygen atoms in total. The molecule has 0 saturated carbocycles. The quantitative estimate of drug-likeness (QED) is 0.291. The number of aromatic nitrogens is 2. The van der Waals surface area contributed by atoms with Gasteiger partial charge in [-0.25, -0.2) is 8.42 Å². The average Bonchev–Trinajstić information content (AvgIpc) is 3.21. The lowest BCUT2D eigenvalue weighted by atomic mass is 10.2. The van der Waals surface area contributed by atoms with E-state index in [0.29, 0.717) is 39.9 Å². The molecule has 0 saturated heterocycles. The van der Waals surface area contributed by atoms with Gasteiger partial charge in [-0.1, -0.05) is 23.1 Å². The number of fused-ring (bicyclic) bond motifs is 1. The Labute approximate surface area is 193 Å². The summed E-state index contributed by atoms with van der Waals surface area (Å²) in [5.41, 5.74) is 0.438. The Balaban J connectivity index is 1.53. The number of thioether (sulfide) groups is 1. The van der Waals surface area contributed by atoms with Crippen LogP contribution in [0.15, 0.2) is 22.5 Å². The summed E-state index contributed by atoms with van der Waals surface area (Å²) in [6.45, 7) is 0.948. The fraction of sp³-hybridized carbons (Fsp3) is 0.444. The number of benzene rings is 1. The highest BCUT2D eigenvalue weighted by Gasteiger charge is 2.21. The maximum atomic E-state index is 12.3. The first-order chi connectivity index (χ1) is 15.3. The van der Waals surface area contributed by atoms with Crippen molar-refractivity contribution in [3.63, 3.8) is 0 Å². The van der Waals surface area contributed by atoms with Crippen LogP contribution in [0.2, 0.25) is 0 Å². The Hall–Kier alpha value is -2.58. The van der Waals surface area contributed by atoms with Crippen LogP contribution in [-0.2, 0) is 24.3 Å². The SMILES string of the molecule is COC(=O)CSc1nnc(NC(=O)CCCN(c2ccc3c(c2)OCCO3)S(C)(=O)=O)s1. The molecule has 32 heavy (non-hydrogen) atoms. The minimum Gasteiger partial charge on any atom is -0.486 e. The van der Waals surface area contributed by atoms with Crippen LogP contribution < -0.4 is 19.1 Å². The van der Waals surface area contributed by atoms with Crippen LogP contribution in [0.5, 0.6) is 11.5 Å². The standard InChI is InChI=1S/C18H22N4O7S3/c1-27-16(24)11-30-18-21-20-17(31-18)19-15(23)4-3-7-22(32(2,25)26)12-5-6-13-14(10-12)29-9-8-28-13/h5-6,10H,3-4,7-9,11H2,1-2H3,(H,19,20,23). The van der Waals surface area contributed by atoms with Crippen molar-refractivity contribution < 1.29 is 32.2 Å². The Morgan fingerprint density at radius 1 is 1.25 bits per heavy atom. The number of nitrogens with one attached hydrogen (secondary N) is 1. The summed E-state index contributed by atoms with van der Waals surface area (Å²) in [7, 11) is -2.27. The highest BCUT2D eigenvalue weighted by Crippen LogP contribution is 2.34. The molecule has 0 radical (unpaired) electrons. The second-order valence-electron chi connectivity index (χ2n) is 6.55. The summed E-state index contributed by atoms with van der Waals surface area (Å²) in [4.78, 5) is 23.4. The number of carbonyl (C=O) groups excluding carboxylic acids is 2. The maximum Gasteiger partial charge on any atom is 0.316 e. The number of hydrogen-bond donors (Lipinski definition) is 1. The molecule has 2 heterocycles. The van der Waals surface area contributed by atoms with Crippen LogP contribution in [0.1, 0.15) is 12.8 Å². The van der Waals surface area contributed by atoms with Crippen molar-refractivity contribution in [1.82, 2.24) is 10.2 Å². The van der Waals surface area contributed by atoms with Crippen LogP contribution in [0, 0.1) is 0 Å². The highest BCUT2D eigenvalue weighted by atomic mass is 32.2. The smallest absolute Gasteiger partial charge is 0.316 e. The lowest BCUT2D eigenvalue weighted by molar-refractivity contribution is -0.137. The molecule has 0 bridgehead atoms. The number of rotatable bonds is 10. The lowest BCUT2D eigenvalue weighted by Gasteiger charge is -2.25. The Bertz CT molecular complexity index is 1070. The van der Waals surface area contributed by atoms with Crippen molar-refractivity contribution >= 4 is 55.8 Å². The number of esters is 1. The molecule has 174 valence electrons. The third-order valence-electron chi connectivity index (χ3n) is 4.17. The molecule has 0 atom stereocenters. The van der Waals surface area contributed by atoms with E-state index < -0.39 is 10.0 Å². The minimum absolute atomic E-state index is 0.0841. The van der Waals surface area contributed by atoms with Gasteiger partial charge in [0, 0.05) is 19.0 Å². The van der Waals surface area contributed by atoms with Gasteiger partial charge in [-0.15, -0.1) is 10.2 Å². The summed E-state index contributed by atoms with van der Waals surface area (Å²) in [5, 5.41) is 10.7. The van der Waals surface area contributed by atoms with Gasteiger partial charge in [0.2, 0.25) is 21.1 Å². The van der Waals surface area contributed by atoms with Gasteiger partial charge >= 0.3 is 5.97 Å². The van der Waals surface area contributed by atoms with E-state index in [1.807, 2.05) is 0 Å². The summed E-state index contributed by atoms with van der Waals surface area (Å²) < 4.78 is 41.9. The van der Waals surface area contributed by atoms with E-state index in [1.165, 1.54) is 11.4 Å². The third kappa shape index (κ3) is 6.71. The van der Waals surface area contributed by atoms with E-state index in [0.717, 1.165) is 29.4 Å². The summed E-state index contributed by atoms with van der Waals surface area (Å²) in [6, 6.07) is 4.92. The Kier molecular flexibility index (Phi) is 8.15. The zero-order valence-electron chi connectivity index (χ0n) is 17.4. The molecule has 0 aliphatic carbocycles. The maximum absolute atomic E-state index is 12.3. The second-order valence-corrected chi connectivity index (χ2v) is 10.7. The van der Waals surface area contributed by atoms with Gasteiger partial charge in [-0.2, -0.15) is 0 Å². The number of anilines is 2. The normalized spacial score (nSPS) is 12.8. The molecule has 1 N–H and O–H groups in total. The van der Waals surface area contributed by atoms with Gasteiger partial charge in [0.1, 0.15) is 13.2 Å². The number of hydrogen-bond acceptors (Lipinski definition) is 11. The first-order valence-corrected chi connectivity index (χ1v) is 13.1. The van der Waals surface area contributed by atoms with Crippen LogP contribution in [-0.4, -0.2) is 69.4 Å². The van der Waals surface area contributed by atoms with Crippen molar-refractivity contribution in [3.8, 4) is 11.5 Å². The third-order valence-corrected chi connectivity index (χ3v) is 7.31. The van der Waals surface area contributed by atoms with Crippen molar-refractivity contribution in [2.45, 2.75) is 17.2 Å². The number of methoxy groups -OCH3 is 1. The van der Waals surface area contributed by atoms with E-state index >= 15 is 0 Å². The van der Waals surface area contributed by atoms with Crippen molar-refractivity contribution in [1.29, 1.82) is 0 Å². The molecule has 2 aromatic rings. The van der Waals surface area contributed by atoms with Gasteiger partial charge in [-0.05, 0) is 18.6 Å². The van der Waals surface area contributed by atoms with Crippen LogP contribution in [0.25, 0.3) is 0 Å². The van der Waals surface area contributed by atoms with Gasteiger partial charge < -0.3 is 19.5 Å². The van der Waals surface area contributed by atoms with Crippen LogP contribution in [0.3, 0.4) is 0 Å². The molecule has 1 aliphatic rings. The second kappa shape index (κ2) is 10.8. The number of ether oxygens (including phenoxy) is 3. The molecular weight excluding hydrogens is 480 g/mol. The van der Waals surface area contributed by atoms with Gasteiger partial charge in [0.25, 0.3) is 0 Å². The predicted molar refractivity (Wildman–Crippen MR) is 120 cm³/mol. The fourth-order valence-corrected chi connectivity index (χ4v) is 5.29. The molecule has 3 rings (SSSR count). The van der Waals surface area contributed by atoms with Crippen molar-refractivity contribution in [3.05, 3.63) is 18.2 Å². The topological polar surface area (TPSA) is 137 Å². The molecule has 1 aromatic carbocycles. The molecule has 1 aliphatic heterocycles. The molecular formula is C18H22N4O7S3. The largest absolute Gasteiger partial charge is 0.486 e.